The van der Waals surface area contributed by atoms with Crippen molar-refractivity contribution in [1.29, 1.82) is 0 Å². The fraction of sp³-hybridized carbons (Fsp3) is 0.700. The van der Waals surface area contributed by atoms with E-state index in [1.54, 1.807) is 11.3 Å². The number of thiazole rings is 1. The van der Waals surface area contributed by atoms with Crippen LogP contribution in [0.3, 0.4) is 0 Å². The molecule has 2 nitrogen and oxygen atoms in total. The van der Waals surface area contributed by atoms with Gasteiger partial charge in [-0.25, -0.2) is 4.98 Å². The molecule has 0 aromatic carbocycles. The standard InChI is InChI=1S/C10H18N2S/c1-3-4-9(6-11)5-10-7-12-8(2)13-10/h7,9H,3-6,11H2,1-2H3. The average Bonchev–Trinajstić information content (AvgIpc) is 2.50. The first-order valence-electron chi connectivity index (χ1n) is 4.87. The summed E-state index contributed by atoms with van der Waals surface area (Å²) in [5.41, 5.74) is 5.70. The highest BCUT2D eigenvalue weighted by Crippen LogP contribution is 2.18. The van der Waals surface area contributed by atoms with Crippen molar-refractivity contribution >= 4 is 11.3 Å². The van der Waals surface area contributed by atoms with E-state index in [9.17, 15) is 0 Å². The summed E-state index contributed by atoms with van der Waals surface area (Å²) in [6.45, 7) is 5.05. The normalized spacial score (nSPS) is 13.2. The Kier molecular flexibility index (Phi) is 4.39. The molecule has 2 N–H and O–H groups in total. The van der Waals surface area contributed by atoms with Crippen molar-refractivity contribution in [3.8, 4) is 0 Å². The second-order valence-corrected chi connectivity index (χ2v) is 4.76. The lowest BCUT2D eigenvalue weighted by molar-refractivity contribution is 0.490. The summed E-state index contributed by atoms with van der Waals surface area (Å²) < 4.78 is 0. The SMILES string of the molecule is CCCC(CN)Cc1cnc(C)s1. The van der Waals surface area contributed by atoms with Crippen LogP contribution >= 0.6 is 11.3 Å². The van der Waals surface area contributed by atoms with E-state index in [-0.39, 0.29) is 0 Å². The lowest BCUT2D eigenvalue weighted by Gasteiger charge is -2.11. The summed E-state index contributed by atoms with van der Waals surface area (Å²) >= 11 is 1.79. The molecule has 1 aromatic heterocycles. The average molecular weight is 198 g/mol. The zero-order valence-corrected chi connectivity index (χ0v) is 9.23. The fourth-order valence-corrected chi connectivity index (χ4v) is 2.41. The van der Waals surface area contributed by atoms with Crippen LogP contribution in [-0.2, 0) is 6.42 Å². The molecule has 0 fully saturated rings. The van der Waals surface area contributed by atoms with E-state index < -0.39 is 0 Å². The maximum absolute atomic E-state index is 5.70. The molecule has 0 radical (unpaired) electrons. The molecule has 13 heavy (non-hydrogen) atoms. The third-order valence-corrected chi connectivity index (χ3v) is 3.12. The highest BCUT2D eigenvalue weighted by atomic mass is 32.1. The van der Waals surface area contributed by atoms with Gasteiger partial charge in [0.2, 0.25) is 0 Å². The van der Waals surface area contributed by atoms with Gasteiger partial charge in [-0.3, -0.25) is 0 Å². The third-order valence-electron chi connectivity index (χ3n) is 2.19. The predicted octanol–water partition coefficient (Wildman–Crippen LogP) is 2.37. The first kappa shape index (κ1) is 10.7. The van der Waals surface area contributed by atoms with Gasteiger partial charge in [-0.15, -0.1) is 11.3 Å². The Labute approximate surface area is 84.2 Å². The minimum atomic E-state index is 0.643. The van der Waals surface area contributed by atoms with Crippen LogP contribution in [-0.4, -0.2) is 11.5 Å². The molecule has 0 saturated heterocycles. The Morgan fingerprint density at radius 3 is 2.85 bits per heavy atom. The lowest BCUT2D eigenvalue weighted by atomic mass is 10.00. The molecule has 0 aliphatic rings. The molecule has 1 unspecified atom stereocenters. The van der Waals surface area contributed by atoms with Crippen LogP contribution in [0.2, 0.25) is 0 Å². The Bertz CT molecular complexity index is 245. The molecule has 1 aromatic rings. The molecular formula is C10H18N2S. The summed E-state index contributed by atoms with van der Waals surface area (Å²) in [7, 11) is 0. The minimum Gasteiger partial charge on any atom is -0.330 e. The van der Waals surface area contributed by atoms with Gasteiger partial charge in [-0.1, -0.05) is 13.3 Å². The van der Waals surface area contributed by atoms with Gasteiger partial charge in [-0.2, -0.15) is 0 Å². The van der Waals surface area contributed by atoms with E-state index in [1.807, 2.05) is 13.1 Å². The van der Waals surface area contributed by atoms with Crippen molar-refractivity contribution in [2.45, 2.75) is 33.1 Å². The zero-order valence-electron chi connectivity index (χ0n) is 8.42. The monoisotopic (exact) mass is 198 g/mol. The molecule has 0 aliphatic carbocycles. The molecule has 0 saturated carbocycles. The molecule has 0 spiro atoms. The Morgan fingerprint density at radius 1 is 1.62 bits per heavy atom. The summed E-state index contributed by atoms with van der Waals surface area (Å²) in [6.07, 6.45) is 5.54. The number of aromatic nitrogens is 1. The number of nitrogens with two attached hydrogens (primary N) is 1. The van der Waals surface area contributed by atoms with Crippen molar-refractivity contribution in [2.75, 3.05) is 6.54 Å². The fourth-order valence-electron chi connectivity index (χ4n) is 1.50. The van der Waals surface area contributed by atoms with E-state index in [0.29, 0.717) is 5.92 Å². The van der Waals surface area contributed by atoms with E-state index >= 15 is 0 Å². The number of hydrogen-bond acceptors (Lipinski definition) is 3. The Balaban J connectivity index is 2.46. The van der Waals surface area contributed by atoms with Crippen molar-refractivity contribution in [3.63, 3.8) is 0 Å². The van der Waals surface area contributed by atoms with Gasteiger partial charge in [0.05, 0.1) is 5.01 Å². The summed E-state index contributed by atoms with van der Waals surface area (Å²) in [6, 6.07) is 0. The quantitative estimate of drug-likeness (QED) is 0.789. The first-order valence-corrected chi connectivity index (χ1v) is 5.69. The summed E-state index contributed by atoms with van der Waals surface area (Å²) in [5, 5.41) is 1.15. The number of nitrogens with zero attached hydrogens (tertiary/aromatic N) is 1. The molecule has 0 amide bonds. The predicted molar refractivity (Wildman–Crippen MR) is 58.0 cm³/mol. The van der Waals surface area contributed by atoms with Crippen LogP contribution in [0.25, 0.3) is 0 Å². The third kappa shape index (κ3) is 3.44. The van der Waals surface area contributed by atoms with Gasteiger partial charge >= 0.3 is 0 Å². The molecular weight excluding hydrogens is 180 g/mol. The highest BCUT2D eigenvalue weighted by molar-refractivity contribution is 7.11. The van der Waals surface area contributed by atoms with Crippen LogP contribution in [0.1, 0.15) is 29.7 Å². The summed E-state index contributed by atoms with van der Waals surface area (Å²) in [4.78, 5) is 5.62. The zero-order chi connectivity index (χ0) is 9.68. The topological polar surface area (TPSA) is 38.9 Å². The van der Waals surface area contributed by atoms with Gasteiger partial charge < -0.3 is 5.73 Å². The van der Waals surface area contributed by atoms with Gasteiger partial charge in [0.25, 0.3) is 0 Å². The van der Waals surface area contributed by atoms with E-state index in [4.69, 9.17) is 5.73 Å². The van der Waals surface area contributed by atoms with Gasteiger partial charge in [-0.05, 0) is 32.2 Å². The van der Waals surface area contributed by atoms with Crippen LogP contribution in [0.5, 0.6) is 0 Å². The first-order chi connectivity index (χ1) is 6.26. The second kappa shape index (κ2) is 5.35. The molecule has 1 atom stereocenters. The number of hydrogen-bond donors (Lipinski definition) is 1. The smallest absolute Gasteiger partial charge is 0.0896 e. The maximum Gasteiger partial charge on any atom is 0.0896 e. The molecule has 1 rings (SSSR count). The van der Waals surface area contributed by atoms with Crippen LogP contribution in [0, 0.1) is 12.8 Å². The molecule has 1 heterocycles. The number of rotatable bonds is 5. The van der Waals surface area contributed by atoms with Crippen molar-refractivity contribution < 1.29 is 0 Å². The van der Waals surface area contributed by atoms with Gasteiger partial charge in [0, 0.05) is 11.1 Å². The Hall–Kier alpha value is -0.410. The Morgan fingerprint density at radius 2 is 2.38 bits per heavy atom. The van der Waals surface area contributed by atoms with Crippen molar-refractivity contribution in [3.05, 3.63) is 16.1 Å². The highest BCUT2D eigenvalue weighted by Gasteiger charge is 2.08. The van der Waals surface area contributed by atoms with Crippen molar-refractivity contribution in [1.82, 2.24) is 4.98 Å². The molecule has 0 aliphatic heterocycles. The lowest BCUT2D eigenvalue weighted by Crippen LogP contribution is -2.16. The summed E-state index contributed by atoms with van der Waals surface area (Å²) in [5.74, 6) is 0.643. The maximum atomic E-state index is 5.70. The molecule has 3 heteroatoms. The van der Waals surface area contributed by atoms with Gasteiger partial charge in [0.15, 0.2) is 0 Å². The van der Waals surface area contributed by atoms with Crippen LogP contribution in [0.4, 0.5) is 0 Å². The van der Waals surface area contributed by atoms with E-state index in [2.05, 4.69) is 11.9 Å². The molecule has 74 valence electrons. The van der Waals surface area contributed by atoms with Crippen LogP contribution < -0.4 is 5.73 Å². The largest absolute Gasteiger partial charge is 0.330 e. The van der Waals surface area contributed by atoms with Crippen molar-refractivity contribution in [2.24, 2.45) is 11.7 Å². The minimum absolute atomic E-state index is 0.643. The van der Waals surface area contributed by atoms with Crippen LogP contribution in [0.15, 0.2) is 6.20 Å². The van der Waals surface area contributed by atoms with E-state index in [1.165, 1.54) is 17.7 Å². The van der Waals surface area contributed by atoms with E-state index in [0.717, 1.165) is 18.0 Å². The second-order valence-electron chi connectivity index (χ2n) is 3.44. The molecule has 0 bridgehead atoms. The van der Waals surface area contributed by atoms with Gasteiger partial charge in [0.1, 0.15) is 0 Å². The number of aryl methyl sites for hydroxylation is 1.